The third kappa shape index (κ3) is 2.56. The average Bonchev–Trinajstić information content (AvgIpc) is 2.79. The second kappa shape index (κ2) is 4.93. The molecule has 94 valence electrons. The van der Waals surface area contributed by atoms with Crippen molar-refractivity contribution in [3.63, 3.8) is 0 Å². The van der Waals surface area contributed by atoms with Gasteiger partial charge in [0, 0.05) is 22.7 Å². The van der Waals surface area contributed by atoms with E-state index in [0.29, 0.717) is 12.0 Å². The van der Waals surface area contributed by atoms with E-state index in [0.717, 1.165) is 27.8 Å². The smallest absolute Gasteiger partial charge is 0.156 e. The highest BCUT2D eigenvalue weighted by molar-refractivity contribution is 9.10. The van der Waals surface area contributed by atoms with Crippen LogP contribution in [0.1, 0.15) is 21.7 Å². The molecular weight excluding hydrogens is 306 g/mol. The molecule has 3 rings (SSSR count). The van der Waals surface area contributed by atoms with E-state index in [4.69, 9.17) is 0 Å². The molecule has 0 aliphatic carbocycles. The lowest BCUT2D eigenvalue weighted by Crippen LogP contribution is -1.93. The van der Waals surface area contributed by atoms with Gasteiger partial charge < -0.3 is 0 Å². The molecule has 5 heteroatoms. The van der Waals surface area contributed by atoms with Crippen molar-refractivity contribution in [3.8, 4) is 0 Å². The van der Waals surface area contributed by atoms with Gasteiger partial charge in [0.2, 0.25) is 0 Å². The van der Waals surface area contributed by atoms with Gasteiger partial charge in [-0.2, -0.15) is 5.10 Å². The van der Waals surface area contributed by atoms with E-state index in [2.05, 4.69) is 26.0 Å². The number of aldehydes is 1. The third-order valence-corrected chi connectivity index (χ3v) is 3.28. The van der Waals surface area contributed by atoms with Gasteiger partial charge in [-0.15, -0.1) is 0 Å². The van der Waals surface area contributed by atoms with Crippen molar-refractivity contribution in [2.75, 3.05) is 0 Å². The van der Waals surface area contributed by atoms with Crippen LogP contribution in [0.5, 0.6) is 0 Å². The van der Waals surface area contributed by atoms with Crippen molar-refractivity contribution in [2.24, 2.45) is 0 Å². The van der Waals surface area contributed by atoms with Gasteiger partial charge in [-0.1, -0.05) is 28.1 Å². The Balaban J connectivity index is 1.95. The fourth-order valence-electron chi connectivity index (χ4n) is 1.92. The second-order valence-corrected chi connectivity index (χ2v) is 5.13. The third-order valence-electron chi connectivity index (χ3n) is 2.79. The Bertz CT molecular complexity index is 751. The van der Waals surface area contributed by atoms with Crippen molar-refractivity contribution in [1.29, 1.82) is 0 Å². The maximum Gasteiger partial charge on any atom is 0.156 e. The van der Waals surface area contributed by atoms with Crippen LogP contribution in [0.2, 0.25) is 0 Å². The predicted molar refractivity (Wildman–Crippen MR) is 75.3 cm³/mol. The largest absolute Gasteiger partial charge is 0.298 e. The van der Waals surface area contributed by atoms with Crippen LogP contribution in [0, 0.1) is 0 Å². The van der Waals surface area contributed by atoms with Gasteiger partial charge in [-0.05, 0) is 29.8 Å². The quantitative estimate of drug-likeness (QED) is 0.698. The summed E-state index contributed by atoms with van der Waals surface area (Å²) >= 11 is 3.44. The van der Waals surface area contributed by atoms with Crippen LogP contribution in [0.4, 0.5) is 0 Å². The molecule has 3 aromatic rings. The summed E-state index contributed by atoms with van der Waals surface area (Å²) in [4.78, 5) is 15.2. The zero-order valence-electron chi connectivity index (χ0n) is 9.95. The predicted octanol–water partition coefficient (Wildman–Crippen LogP) is 2.90. The molecule has 4 nitrogen and oxygen atoms in total. The normalized spacial score (nSPS) is 10.8. The first kappa shape index (κ1) is 12.0. The van der Waals surface area contributed by atoms with Gasteiger partial charge in [0.05, 0.1) is 0 Å². The van der Waals surface area contributed by atoms with Crippen LogP contribution in [0.3, 0.4) is 0 Å². The lowest BCUT2D eigenvalue weighted by Gasteiger charge is -1.97. The highest BCUT2D eigenvalue weighted by atomic mass is 79.9. The number of carbonyl (C=O) groups excluding carboxylic acids is 1. The monoisotopic (exact) mass is 315 g/mol. The SMILES string of the molecule is O=Cc1ccc2nc(Cc3cccc(Br)c3)nn2c1. The number of fused-ring (bicyclic) bond motifs is 1. The van der Waals surface area contributed by atoms with E-state index in [9.17, 15) is 4.79 Å². The van der Waals surface area contributed by atoms with Crippen molar-refractivity contribution >= 4 is 27.9 Å². The number of halogens is 1. The number of hydrogen-bond acceptors (Lipinski definition) is 3. The van der Waals surface area contributed by atoms with E-state index in [1.54, 1.807) is 22.8 Å². The summed E-state index contributed by atoms with van der Waals surface area (Å²) in [6.07, 6.45) is 3.15. The fourth-order valence-corrected chi connectivity index (χ4v) is 2.37. The molecule has 0 fully saturated rings. The summed E-state index contributed by atoms with van der Waals surface area (Å²) in [7, 11) is 0. The first-order valence-electron chi connectivity index (χ1n) is 5.79. The Labute approximate surface area is 118 Å². The summed E-state index contributed by atoms with van der Waals surface area (Å²) in [6.45, 7) is 0. The van der Waals surface area contributed by atoms with Gasteiger partial charge in [-0.25, -0.2) is 9.50 Å². The summed E-state index contributed by atoms with van der Waals surface area (Å²) in [6, 6.07) is 11.6. The van der Waals surface area contributed by atoms with Gasteiger partial charge >= 0.3 is 0 Å². The van der Waals surface area contributed by atoms with Crippen LogP contribution >= 0.6 is 15.9 Å². The van der Waals surface area contributed by atoms with Crippen molar-refractivity contribution < 1.29 is 4.79 Å². The van der Waals surface area contributed by atoms with E-state index in [1.807, 2.05) is 24.3 Å². The molecule has 0 N–H and O–H groups in total. The summed E-state index contributed by atoms with van der Waals surface area (Å²) < 4.78 is 2.67. The molecule has 0 bridgehead atoms. The Kier molecular flexibility index (Phi) is 3.13. The van der Waals surface area contributed by atoms with Crippen LogP contribution in [-0.2, 0) is 6.42 Å². The Morgan fingerprint density at radius 2 is 2.16 bits per heavy atom. The molecule has 0 saturated heterocycles. The summed E-state index contributed by atoms with van der Waals surface area (Å²) in [5.74, 6) is 0.737. The molecule has 2 heterocycles. The topological polar surface area (TPSA) is 47.3 Å². The van der Waals surface area contributed by atoms with Crippen LogP contribution in [0.15, 0.2) is 47.1 Å². The first-order valence-corrected chi connectivity index (χ1v) is 6.59. The molecule has 0 amide bonds. The van der Waals surface area contributed by atoms with Gasteiger partial charge in [0.1, 0.15) is 0 Å². The number of aromatic nitrogens is 3. The average molecular weight is 316 g/mol. The minimum atomic E-state index is 0.589. The van der Waals surface area contributed by atoms with Gasteiger partial charge in [0.25, 0.3) is 0 Å². The van der Waals surface area contributed by atoms with E-state index >= 15 is 0 Å². The van der Waals surface area contributed by atoms with Crippen molar-refractivity contribution in [2.45, 2.75) is 6.42 Å². The molecular formula is C14H10BrN3O. The lowest BCUT2D eigenvalue weighted by atomic mass is 10.1. The summed E-state index contributed by atoms with van der Waals surface area (Å²) in [5, 5.41) is 4.38. The van der Waals surface area contributed by atoms with Crippen LogP contribution in [-0.4, -0.2) is 20.9 Å². The minimum absolute atomic E-state index is 0.589. The van der Waals surface area contributed by atoms with Gasteiger partial charge in [-0.3, -0.25) is 4.79 Å². The zero-order valence-corrected chi connectivity index (χ0v) is 11.5. The van der Waals surface area contributed by atoms with Gasteiger partial charge in [0.15, 0.2) is 17.8 Å². The van der Waals surface area contributed by atoms with Crippen molar-refractivity contribution in [3.05, 3.63) is 64.0 Å². The maximum atomic E-state index is 10.7. The number of benzene rings is 1. The highest BCUT2D eigenvalue weighted by Gasteiger charge is 2.05. The molecule has 0 spiro atoms. The molecule has 0 radical (unpaired) electrons. The first-order chi connectivity index (χ1) is 9.24. The fraction of sp³-hybridized carbons (Fsp3) is 0.0714. The minimum Gasteiger partial charge on any atom is -0.298 e. The second-order valence-electron chi connectivity index (χ2n) is 4.22. The molecule has 1 aromatic carbocycles. The van der Waals surface area contributed by atoms with Crippen molar-refractivity contribution in [1.82, 2.24) is 14.6 Å². The molecule has 0 aliphatic heterocycles. The molecule has 0 atom stereocenters. The van der Waals surface area contributed by atoms with Crippen LogP contribution in [0.25, 0.3) is 5.65 Å². The van der Waals surface area contributed by atoms with E-state index < -0.39 is 0 Å². The van der Waals surface area contributed by atoms with E-state index in [1.165, 1.54) is 0 Å². The number of pyridine rings is 1. The highest BCUT2D eigenvalue weighted by Crippen LogP contribution is 2.14. The zero-order chi connectivity index (χ0) is 13.2. The van der Waals surface area contributed by atoms with Crippen LogP contribution < -0.4 is 0 Å². The Morgan fingerprint density at radius 1 is 1.26 bits per heavy atom. The summed E-state index contributed by atoms with van der Waals surface area (Å²) in [5.41, 5.74) is 2.47. The molecule has 2 aromatic heterocycles. The Hall–Kier alpha value is -2.01. The number of hydrogen-bond donors (Lipinski definition) is 0. The molecule has 0 saturated carbocycles. The molecule has 19 heavy (non-hydrogen) atoms. The number of nitrogens with zero attached hydrogens (tertiary/aromatic N) is 3. The number of carbonyl (C=O) groups is 1. The van der Waals surface area contributed by atoms with E-state index in [-0.39, 0.29) is 0 Å². The molecule has 0 unspecified atom stereocenters. The number of rotatable bonds is 3. The Morgan fingerprint density at radius 3 is 2.95 bits per heavy atom. The molecule has 0 aliphatic rings. The maximum absolute atomic E-state index is 10.7. The lowest BCUT2D eigenvalue weighted by molar-refractivity contribution is 0.112. The standard InChI is InChI=1S/C14H10BrN3O/c15-12-3-1-2-10(6-12)7-13-16-14-5-4-11(9-19)8-18(14)17-13/h1-6,8-9H,7H2.